The summed E-state index contributed by atoms with van der Waals surface area (Å²) in [4.78, 5) is 18.8. The molecule has 29 heavy (non-hydrogen) atoms. The van der Waals surface area contributed by atoms with Gasteiger partial charge in [0.25, 0.3) is 5.91 Å². The summed E-state index contributed by atoms with van der Waals surface area (Å²) < 4.78 is 0. The van der Waals surface area contributed by atoms with Gasteiger partial charge in [0.05, 0.1) is 5.69 Å². The molecule has 0 bridgehead atoms. The molecular weight excluding hydrogens is 358 g/mol. The number of aryl methyl sites for hydroxylation is 1. The Hall–Kier alpha value is -3.58. The molecule has 4 nitrogen and oxygen atoms in total. The number of nitrogens with one attached hydrogen (secondary N) is 1. The van der Waals surface area contributed by atoms with Crippen molar-refractivity contribution in [2.75, 3.05) is 11.4 Å². The number of aromatic nitrogens is 1. The van der Waals surface area contributed by atoms with E-state index in [1.807, 2.05) is 50.2 Å². The maximum Gasteiger partial charge on any atom is 0.251 e. The highest BCUT2D eigenvalue weighted by Gasteiger charge is 2.18. The van der Waals surface area contributed by atoms with Crippen molar-refractivity contribution in [1.82, 2.24) is 10.3 Å². The van der Waals surface area contributed by atoms with E-state index in [0.29, 0.717) is 12.1 Å². The number of nitrogens with zero attached hydrogens (tertiary/aromatic N) is 2. The van der Waals surface area contributed by atoms with Crippen LogP contribution in [0.3, 0.4) is 0 Å². The Morgan fingerprint density at radius 3 is 2.69 bits per heavy atom. The average Bonchev–Trinajstić information content (AvgIpc) is 3.15. The van der Waals surface area contributed by atoms with Gasteiger partial charge < -0.3 is 10.2 Å². The number of hydrogen-bond donors (Lipinski definition) is 1. The van der Waals surface area contributed by atoms with Crippen LogP contribution in [0.15, 0.2) is 60.8 Å². The molecule has 2 aromatic carbocycles. The molecule has 2 heterocycles. The summed E-state index contributed by atoms with van der Waals surface area (Å²) in [5.41, 5.74) is 7.39. The van der Waals surface area contributed by atoms with E-state index in [1.165, 1.54) is 11.3 Å². The fourth-order valence-electron chi connectivity index (χ4n) is 3.63. The zero-order valence-corrected chi connectivity index (χ0v) is 16.7. The highest BCUT2D eigenvalue weighted by atomic mass is 16.1. The minimum Gasteiger partial charge on any atom is -0.348 e. The topological polar surface area (TPSA) is 45.2 Å². The van der Waals surface area contributed by atoms with E-state index in [2.05, 4.69) is 45.4 Å². The number of amides is 1. The minimum atomic E-state index is -0.0810. The standard InChI is InChI=1S/C25H23N3O/c1-3-14-28-15-12-22-16-21(10-11-24(22)28)19-6-8-20(9-7-19)25(29)27-17-23-5-4-13-26-18(23)2/h4-11,13,16H,12,15,17H2,1-2H3,(H,27,29). The van der Waals surface area contributed by atoms with Gasteiger partial charge in [-0.25, -0.2) is 0 Å². The maximum absolute atomic E-state index is 12.5. The summed E-state index contributed by atoms with van der Waals surface area (Å²) in [5.74, 6) is 2.89. The van der Waals surface area contributed by atoms with Crippen molar-refractivity contribution >= 4 is 11.6 Å². The fraction of sp³-hybridized carbons (Fsp3) is 0.200. The Kier molecular flexibility index (Phi) is 5.31. The molecule has 3 aromatic rings. The van der Waals surface area contributed by atoms with Crippen molar-refractivity contribution in [3.63, 3.8) is 0 Å². The molecular formula is C25H23N3O. The smallest absolute Gasteiger partial charge is 0.251 e. The van der Waals surface area contributed by atoms with Crippen LogP contribution in [-0.2, 0) is 13.0 Å². The van der Waals surface area contributed by atoms with E-state index in [0.717, 1.165) is 35.3 Å². The molecule has 0 aliphatic carbocycles. The lowest BCUT2D eigenvalue weighted by atomic mass is 10.0. The van der Waals surface area contributed by atoms with Crippen molar-refractivity contribution in [2.24, 2.45) is 0 Å². The molecule has 0 saturated heterocycles. The summed E-state index contributed by atoms with van der Waals surface area (Å²) >= 11 is 0. The zero-order chi connectivity index (χ0) is 20.2. The van der Waals surface area contributed by atoms with Crippen LogP contribution in [0.1, 0.15) is 34.1 Å². The van der Waals surface area contributed by atoms with Crippen molar-refractivity contribution in [1.29, 1.82) is 0 Å². The summed E-state index contributed by atoms with van der Waals surface area (Å²) in [7, 11) is 0. The number of anilines is 1. The molecule has 1 aliphatic heterocycles. The van der Waals surface area contributed by atoms with E-state index >= 15 is 0 Å². The van der Waals surface area contributed by atoms with Gasteiger partial charge in [0.1, 0.15) is 0 Å². The van der Waals surface area contributed by atoms with Gasteiger partial charge in [-0.05, 0) is 72.9 Å². The van der Waals surface area contributed by atoms with Gasteiger partial charge in [-0.1, -0.05) is 30.2 Å². The van der Waals surface area contributed by atoms with E-state index in [9.17, 15) is 4.79 Å². The Bertz CT molecular complexity index is 1110. The third-order valence-corrected chi connectivity index (χ3v) is 5.26. The van der Waals surface area contributed by atoms with Gasteiger partial charge in [-0.2, -0.15) is 0 Å². The van der Waals surface area contributed by atoms with E-state index in [4.69, 9.17) is 0 Å². The first-order chi connectivity index (χ1) is 14.2. The van der Waals surface area contributed by atoms with Crippen molar-refractivity contribution in [3.05, 3.63) is 83.2 Å². The molecule has 1 aliphatic rings. The first kappa shape index (κ1) is 18.8. The Morgan fingerprint density at radius 1 is 1.14 bits per heavy atom. The summed E-state index contributed by atoms with van der Waals surface area (Å²) in [5, 5.41) is 2.97. The first-order valence-electron chi connectivity index (χ1n) is 9.77. The second-order valence-electron chi connectivity index (χ2n) is 7.11. The Balaban J connectivity index is 1.46. The van der Waals surface area contributed by atoms with Crippen LogP contribution in [-0.4, -0.2) is 17.4 Å². The molecule has 144 valence electrons. The number of carbonyl (C=O) groups is 1. The van der Waals surface area contributed by atoms with Crippen LogP contribution in [0.4, 0.5) is 5.69 Å². The van der Waals surface area contributed by atoms with Gasteiger partial charge in [-0.3, -0.25) is 9.78 Å². The Morgan fingerprint density at radius 2 is 1.93 bits per heavy atom. The number of rotatable bonds is 4. The lowest BCUT2D eigenvalue weighted by molar-refractivity contribution is 0.0951. The van der Waals surface area contributed by atoms with Gasteiger partial charge in [0, 0.05) is 36.6 Å². The van der Waals surface area contributed by atoms with Crippen LogP contribution in [0, 0.1) is 18.9 Å². The van der Waals surface area contributed by atoms with Crippen LogP contribution in [0.5, 0.6) is 0 Å². The van der Waals surface area contributed by atoms with Crippen LogP contribution >= 0.6 is 0 Å². The lowest BCUT2D eigenvalue weighted by Crippen LogP contribution is -2.23. The van der Waals surface area contributed by atoms with Gasteiger partial charge in [0.15, 0.2) is 0 Å². The van der Waals surface area contributed by atoms with Gasteiger partial charge in [-0.15, -0.1) is 0 Å². The van der Waals surface area contributed by atoms with Crippen molar-refractivity contribution in [2.45, 2.75) is 26.8 Å². The second-order valence-corrected chi connectivity index (χ2v) is 7.11. The molecule has 1 N–H and O–H groups in total. The molecule has 0 atom stereocenters. The monoisotopic (exact) mass is 381 g/mol. The zero-order valence-electron chi connectivity index (χ0n) is 16.7. The summed E-state index contributed by atoms with van der Waals surface area (Å²) in [6.45, 7) is 5.22. The largest absolute Gasteiger partial charge is 0.348 e. The molecule has 0 radical (unpaired) electrons. The number of carbonyl (C=O) groups excluding carboxylic acids is 1. The fourth-order valence-corrected chi connectivity index (χ4v) is 3.63. The van der Waals surface area contributed by atoms with E-state index in [1.54, 1.807) is 6.20 Å². The number of pyridine rings is 1. The highest BCUT2D eigenvalue weighted by Crippen LogP contribution is 2.32. The first-order valence-corrected chi connectivity index (χ1v) is 9.77. The molecule has 1 aromatic heterocycles. The van der Waals surface area contributed by atoms with Crippen molar-refractivity contribution in [3.8, 4) is 23.1 Å². The molecule has 1 amide bonds. The van der Waals surface area contributed by atoms with Crippen molar-refractivity contribution < 1.29 is 4.79 Å². The maximum atomic E-state index is 12.5. The minimum absolute atomic E-state index is 0.0810. The van der Waals surface area contributed by atoms with E-state index in [-0.39, 0.29) is 5.91 Å². The molecule has 4 rings (SSSR count). The van der Waals surface area contributed by atoms with Gasteiger partial charge in [0.2, 0.25) is 0 Å². The molecule has 0 spiro atoms. The summed E-state index contributed by atoms with van der Waals surface area (Å²) in [6, 6.07) is 21.3. The normalized spacial score (nSPS) is 12.1. The number of fused-ring (bicyclic) bond motifs is 1. The van der Waals surface area contributed by atoms with Crippen LogP contribution in [0.25, 0.3) is 11.1 Å². The number of benzene rings is 2. The molecule has 4 heteroatoms. The lowest BCUT2D eigenvalue weighted by Gasteiger charge is -2.11. The van der Waals surface area contributed by atoms with E-state index < -0.39 is 0 Å². The molecule has 0 saturated carbocycles. The van der Waals surface area contributed by atoms with Crippen LogP contribution in [0.2, 0.25) is 0 Å². The van der Waals surface area contributed by atoms with Gasteiger partial charge >= 0.3 is 0 Å². The quantitative estimate of drug-likeness (QED) is 0.684. The second kappa shape index (κ2) is 8.20. The predicted molar refractivity (Wildman–Crippen MR) is 117 cm³/mol. The summed E-state index contributed by atoms with van der Waals surface area (Å²) in [6.07, 6.45) is 2.76. The Labute approximate surface area is 171 Å². The molecule has 0 unspecified atom stereocenters. The van der Waals surface area contributed by atoms with Crippen LogP contribution < -0.4 is 10.2 Å². The third-order valence-electron chi connectivity index (χ3n) is 5.26. The average molecular weight is 381 g/mol. The highest BCUT2D eigenvalue weighted by molar-refractivity contribution is 5.94. The predicted octanol–water partition coefficient (Wildman–Crippen LogP) is 4.33. The number of hydrogen-bond acceptors (Lipinski definition) is 3. The SMILES string of the molecule is CC#CN1CCc2cc(-c3ccc(C(=O)NCc4cccnc4C)cc3)ccc21. The molecule has 0 fully saturated rings. The third kappa shape index (κ3) is 4.00.